The van der Waals surface area contributed by atoms with Gasteiger partial charge in [-0.2, -0.15) is 0 Å². The summed E-state index contributed by atoms with van der Waals surface area (Å²) in [6.45, 7) is 1.67. The number of carbonyl (C=O) groups excluding carboxylic acids is 2. The molecule has 0 aromatic carbocycles. The topological polar surface area (TPSA) is 106 Å². The number of H-pyrrole nitrogens is 2. The number of nitrogens with zero attached hydrogens (tertiary/aromatic N) is 2. The maximum absolute atomic E-state index is 12.5. The van der Waals surface area contributed by atoms with Gasteiger partial charge in [0.25, 0.3) is 11.1 Å². The highest BCUT2D eigenvalue weighted by Crippen LogP contribution is 2.39. The summed E-state index contributed by atoms with van der Waals surface area (Å²) in [6.07, 6.45) is 2.27. The number of aromatic nitrogens is 2. The molecule has 0 bridgehead atoms. The Hall–Kier alpha value is -2.38. The zero-order chi connectivity index (χ0) is 16.6. The summed E-state index contributed by atoms with van der Waals surface area (Å²) in [7, 11) is 1.80. The smallest absolute Gasteiger partial charge is 0.266 e. The van der Waals surface area contributed by atoms with E-state index >= 15 is 0 Å². The molecule has 1 aromatic rings. The minimum absolute atomic E-state index is 0.105. The average Bonchev–Trinajstić information content (AvgIpc) is 2.94. The van der Waals surface area contributed by atoms with E-state index in [0.29, 0.717) is 19.5 Å². The van der Waals surface area contributed by atoms with Gasteiger partial charge in [-0.15, -0.1) is 0 Å². The Kier molecular flexibility index (Phi) is 3.83. The molecule has 23 heavy (non-hydrogen) atoms. The number of amides is 2. The minimum atomic E-state index is -0.472. The fraction of sp³-hybridized carbons (Fsp3) is 0.600. The maximum Gasteiger partial charge on any atom is 0.266 e. The second-order valence-corrected chi connectivity index (χ2v) is 6.47. The van der Waals surface area contributed by atoms with E-state index in [2.05, 4.69) is 10.2 Å². The van der Waals surface area contributed by atoms with E-state index in [1.165, 1.54) is 0 Å². The number of carbonyl (C=O) groups is 2. The van der Waals surface area contributed by atoms with E-state index in [0.717, 1.165) is 25.5 Å². The van der Waals surface area contributed by atoms with Crippen molar-refractivity contribution in [3.63, 3.8) is 0 Å². The lowest BCUT2D eigenvalue weighted by Gasteiger charge is -2.37. The van der Waals surface area contributed by atoms with Crippen LogP contribution in [-0.2, 0) is 16.0 Å². The minimum Gasteiger partial charge on any atom is -0.345 e. The third-order valence-corrected chi connectivity index (χ3v) is 4.89. The molecule has 2 fully saturated rings. The van der Waals surface area contributed by atoms with Gasteiger partial charge >= 0.3 is 0 Å². The molecule has 0 radical (unpaired) electrons. The third kappa shape index (κ3) is 2.80. The van der Waals surface area contributed by atoms with Gasteiger partial charge in [0, 0.05) is 38.3 Å². The normalized spacial score (nSPS) is 24.5. The highest BCUT2D eigenvalue weighted by molar-refractivity contribution is 5.86. The van der Waals surface area contributed by atoms with Crippen LogP contribution < -0.4 is 11.1 Å². The first-order chi connectivity index (χ1) is 10.9. The zero-order valence-electron chi connectivity index (χ0n) is 13.1. The number of nitrogens with one attached hydrogen (secondary N) is 2. The molecule has 1 atom stereocenters. The first-order valence-corrected chi connectivity index (χ1v) is 7.75. The first-order valence-electron chi connectivity index (χ1n) is 7.75. The van der Waals surface area contributed by atoms with Crippen LogP contribution in [0.4, 0.5) is 0 Å². The summed E-state index contributed by atoms with van der Waals surface area (Å²) >= 11 is 0. The Morgan fingerprint density at radius 2 is 2.00 bits per heavy atom. The van der Waals surface area contributed by atoms with E-state index < -0.39 is 16.5 Å². The van der Waals surface area contributed by atoms with Crippen molar-refractivity contribution in [3.05, 3.63) is 32.3 Å². The molecule has 1 spiro atoms. The van der Waals surface area contributed by atoms with Crippen LogP contribution in [0.15, 0.2) is 15.7 Å². The molecule has 0 unspecified atom stereocenters. The van der Waals surface area contributed by atoms with E-state index in [4.69, 9.17) is 0 Å². The van der Waals surface area contributed by atoms with Crippen molar-refractivity contribution in [1.29, 1.82) is 0 Å². The molecule has 124 valence electrons. The summed E-state index contributed by atoms with van der Waals surface area (Å²) in [6, 6.07) is 1.14. The Morgan fingerprint density at radius 3 is 2.78 bits per heavy atom. The number of rotatable bonds is 2. The molecule has 1 aromatic heterocycles. The molecule has 2 saturated heterocycles. The lowest BCUT2D eigenvalue weighted by Crippen LogP contribution is -2.48. The highest BCUT2D eigenvalue weighted by atomic mass is 16.2. The first kappa shape index (κ1) is 15.5. The van der Waals surface area contributed by atoms with E-state index in [9.17, 15) is 19.2 Å². The fourth-order valence-corrected chi connectivity index (χ4v) is 3.60. The van der Waals surface area contributed by atoms with Crippen molar-refractivity contribution in [3.8, 4) is 0 Å². The number of hydrogen-bond acceptors (Lipinski definition) is 4. The van der Waals surface area contributed by atoms with E-state index in [1.54, 1.807) is 16.8 Å². The van der Waals surface area contributed by atoms with Gasteiger partial charge in [-0.05, 0) is 19.3 Å². The van der Waals surface area contributed by atoms with Crippen molar-refractivity contribution < 1.29 is 9.59 Å². The predicted octanol–water partition coefficient (Wildman–Crippen LogP) is -0.923. The average molecular weight is 320 g/mol. The second-order valence-electron chi connectivity index (χ2n) is 6.47. The van der Waals surface area contributed by atoms with Crippen molar-refractivity contribution in [2.45, 2.75) is 25.7 Å². The van der Waals surface area contributed by atoms with Gasteiger partial charge in [-0.1, -0.05) is 0 Å². The van der Waals surface area contributed by atoms with Crippen LogP contribution in [0.3, 0.4) is 0 Å². The molecule has 3 heterocycles. The Balaban J connectivity index is 1.73. The summed E-state index contributed by atoms with van der Waals surface area (Å²) < 4.78 is 0. The van der Waals surface area contributed by atoms with Crippen molar-refractivity contribution in [2.24, 2.45) is 5.41 Å². The van der Waals surface area contributed by atoms with Crippen LogP contribution in [0.1, 0.15) is 24.8 Å². The maximum atomic E-state index is 12.5. The third-order valence-electron chi connectivity index (χ3n) is 4.89. The van der Waals surface area contributed by atoms with Crippen molar-refractivity contribution in [1.82, 2.24) is 20.0 Å². The van der Waals surface area contributed by atoms with Crippen LogP contribution in [0, 0.1) is 5.41 Å². The Morgan fingerprint density at radius 1 is 1.22 bits per heavy atom. The Bertz CT molecular complexity index is 752. The van der Waals surface area contributed by atoms with Crippen molar-refractivity contribution >= 4 is 11.8 Å². The molecule has 0 aliphatic carbocycles. The van der Waals surface area contributed by atoms with Gasteiger partial charge in [-0.25, -0.2) is 0 Å². The molecule has 2 amide bonds. The zero-order valence-corrected chi connectivity index (χ0v) is 13.1. The van der Waals surface area contributed by atoms with Gasteiger partial charge in [0.05, 0.1) is 11.8 Å². The molecular weight excluding hydrogens is 300 g/mol. The quantitative estimate of drug-likeness (QED) is 0.734. The number of piperidine rings is 1. The molecular formula is C15H20N4O4. The van der Waals surface area contributed by atoms with Crippen LogP contribution in [-0.4, -0.2) is 58.5 Å². The lowest BCUT2D eigenvalue weighted by molar-refractivity contribution is -0.144. The summed E-state index contributed by atoms with van der Waals surface area (Å²) in [4.78, 5) is 51.2. The molecule has 2 N–H and O–H groups in total. The molecule has 2 aliphatic heterocycles. The molecule has 8 nitrogen and oxygen atoms in total. The lowest BCUT2D eigenvalue weighted by atomic mass is 9.78. The van der Waals surface area contributed by atoms with E-state index in [-0.39, 0.29) is 23.8 Å². The molecule has 2 aliphatic rings. The largest absolute Gasteiger partial charge is 0.345 e. The number of likely N-dealkylation sites (tertiary alicyclic amines) is 2. The highest BCUT2D eigenvalue weighted by Gasteiger charge is 2.48. The summed E-state index contributed by atoms with van der Waals surface area (Å²) in [5, 5.41) is 4.38. The van der Waals surface area contributed by atoms with Gasteiger partial charge in [0.1, 0.15) is 0 Å². The van der Waals surface area contributed by atoms with Gasteiger partial charge in [0.2, 0.25) is 11.8 Å². The van der Waals surface area contributed by atoms with E-state index in [1.807, 2.05) is 0 Å². The van der Waals surface area contributed by atoms with Gasteiger partial charge < -0.3 is 9.80 Å². The van der Waals surface area contributed by atoms with Gasteiger partial charge in [-0.3, -0.25) is 29.4 Å². The SMILES string of the molecule is CN1CCC[C@]2(CCN(C(=O)Cc3cc(=O)[nH][nH]c3=O)C2)C1=O. The fourth-order valence-electron chi connectivity index (χ4n) is 3.60. The number of aromatic amines is 2. The summed E-state index contributed by atoms with van der Waals surface area (Å²) in [5.74, 6) is -0.118. The summed E-state index contributed by atoms with van der Waals surface area (Å²) in [5.41, 5.74) is -1.25. The second kappa shape index (κ2) is 5.68. The monoisotopic (exact) mass is 320 g/mol. The van der Waals surface area contributed by atoms with Crippen LogP contribution in [0.2, 0.25) is 0 Å². The standard InChI is InChI=1S/C15H20N4O4/c1-18-5-2-3-15(14(18)23)4-6-19(9-15)12(21)8-10-7-11(20)16-17-13(10)22/h7H,2-6,8-9H2,1H3,(H,16,20)(H,17,22)/t15-/m1/s1. The number of hydrogen-bond donors (Lipinski definition) is 2. The predicted molar refractivity (Wildman–Crippen MR) is 81.9 cm³/mol. The van der Waals surface area contributed by atoms with Crippen molar-refractivity contribution in [2.75, 3.05) is 26.7 Å². The van der Waals surface area contributed by atoms with Crippen LogP contribution >= 0.6 is 0 Å². The van der Waals surface area contributed by atoms with Crippen LogP contribution in [0.25, 0.3) is 0 Å². The molecule has 3 rings (SSSR count). The van der Waals surface area contributed by atoms with Crippen LogP contribution in [0.5, 0.6) is 0 Å². The molecule has 0 saturated carbocycles. The Labute approximate surface area is 132 Å². The van der Waals surface area contributed by atoms with Gasteiger partial charge in [0.15, 0.2) is 0 Å². The molecule has 8 heteroatoms.